The summed E-state index contributed by atoms with van der Waals surface area (Å²) in [7, 11) is 5.14. The van der Waals surface area contributed by atoms with E-state index in [0.717, 1.165) is 37.6 Å². The average molecular weight is 323 g/mol. The predicted molar refractivity (Wildman–Crippen MR) is 93.4 cm³/mol. The minimum atomic E-state index is 0.638. The van der Waals surface area contributed by atoms with Gasteiger partial charge in [-0.15, -0.1) is 0 Å². The highest BCUT2D eigenvalue weighted by molar-refractivity contribution is 5.79. The number of nitrogens with one attached hydrogen (secondary N) is 2. The van der Waals surface area contributed by atoms with Crippen molar-refractivity contribution in [2.24, 2.45) is 4.99 Å². The highest BCUT2D eigenvalue weighted by atomic mass is 16.5. The third-order valence-corrected chi connectivity index (χ3v) is 3.29. The molecule has 130 valence electrons. The number of hydrogen-bond acceptors (Lipinski definition) is 4. The van der Waals surface area contributed by atoms with E-state index < -0.39 is 0 Å². The molecule has 0 saturated carbocycles. The van der Waals surface area contributed by atoms with Crippen molar-refractivity contribution >= 4 is 5.96 Å². The standard InChI is InChI=1S/C17H29N3O3/c1-18-17(19-10-6-12-23-14-13-21-2)20-11-9-15-7-4-5-8-16(15)22-3/h4-5,7-8H,6,9-14H2,1-3H3,(H2,18,19,20). The molecule has 0 aliphatic carbocycles. The Morgan fingerprint density at radius 1 is 1.04 bits per heavy atom. The number of rotatable bonds is 11. The molecular weight excluding hydrogens is 294 g/mol. The van der Waals surface area contributed by atoms with E-state index in [-0.39, 0.29) is 0 Å². The quantitative estimate of drug-likeness (QED) is 0.367. The number of para-hydroxylation sites is 1. The molecule has 0 bridgehead atoms. The van der Waals surface area contributed by atoms with Crippen molar-refractivity contribution in [1.82, 2.24) is 10.6 Å². The molecule has 0 saturated heterocycles. The number of ether oxygens (including phenoxy) is 3. The lowest BCUT2D eigenvalue weighted by Crippen LogP contribution is -2.39. The van der Waals surface area contributed by atoms with E-state index in [1.165, 1.54) is 5.56 Å². The lowest BCUT2D eigenvalue weighted by molar-refractivity contribution is 0.0698. The zero-order chi connectivity index (χ0) is 16.8. The van der Waals surface area contributed by atoms with Gasteiger partial charge in [0.15, 0.2) is 5.96 Å². The van der Waals surface area contributed by atoms with Crippen LogP contribution in [0.2, 0.25) is 0 Å². The van der Waals surface area contributed by atoms with Gasteiger partial charge in [0.1, 0.15) is 5.75 Å². The van der Waals surface area contributed by atoms with E-state index in [1.54, 1.807) is 21.3 Å². The molecule has 0 unspecified atom stereocenters. The van der Waals surface area contributed by atoms with Crippen LogP contribution in [0.3, 0.4) is 0 Å². The van der Waals surface area contributed by atoms with Gasteiger partial charge < -0.3 is 24.8 Å². The topological polar surface area (TPSA) is 64.1 Å². The Kier molecular flexibility index (Phi) is 10.7. The maximum Gasteiger partial charge on any atom is 0.190 e. The summed E-state index contributed by atoms with van der Waals surface area (Å²) in [5, 5.41) is 6.57. The third kappa shape index (κ3) is 8.42. The zero-order valence-corrected chi connectivity index (χ0v) is 14.4. The fourth-order valence-corrected chi connectivity index (χ4v) is 2.07. The first-order valence-corrected chi connectivity index (χ1v) is 7.95. The largest absolute Gasteiger partial charge is 0.496 e. The van der Waals surface area contributed by atoms with Crippen LogP contribution >= 0.6 is 0 Å². The molecule has 0 atom stereocenters. The number of nitrogens with zero attached hydrogens (tertiary/aromatic N) is 1. The van der Waals surface area contributed by atoms with E-state index in [0.29, 0.717) is 19.8 Å². The van der Waals surface area contributed by atoms with E-state index >= 15 is 0 Å². The Hall–Kier alpha value is -1.79. The van der Waals surface area contributed by atoms with E-state index in [2.05, 4.69) is 21.7 Å². The molecule has 2 N–H and O–H groups in total. The first-order valence-electron chi connectivity index (χ1n) is 7.95. The zero-order valence-electron chi connectivity index (χ0n) is 14.4. The molecule has 1 rings (SSSR count). The molecule has 0 heterocycles. The molecule has 0 radical (unpaired) electrons. The lowest BCUT2D eigenvalue weighted by Gasteiger charge is -2.13. The smallest absolute Gasteiger partial charge is 0.190 e. The van der Waals surface area contributed by atoms with Crippen LogP contribution in [0.1, 0.15) is 12.0 Å². The molecule has 1 aromatic carbocycles. The van der Waals surface area contributed by atoms with Crippen molar-refractivity contribution in [3.63, 3.8) is 0 Å². The minimum absolute atomic E-state index is 0.638. The highest BCUT2D eigenvalue weighted by Gasteiger charge is 2.02. The maximum atomic E-state index is 5.41. The van der Waals surface area contributed by atoms with Gasteiger partial charge in [0, 0.05) is 33.9 Å². The van der Waals surface area contributed by atoms with Crippen LogP contribution in [0.4, 0.5) is 0 Å². The molecular formula is C17H29N3O3. The summed E-state index contributed by atoms with van der Waals surface area (Å²) in [4.78, 5) is 4.21. The van der Waals surface area contributed by atoms with Crippen LogP contribution in [0.5, 0.6) is 5.75 Å². The highest BCUT2D eigenvalue weighted by Crippen LogP contribution is 2.17. The Morgan fingerprint density at radius 2 is 1.83 bits per heavy atom. The fraction of sp³-hybridized carbons (Fsp3) is 0.588. The van der Waals surface area contributed by atoms with Gasteiger partial charge in [-0.1, -0.05) is 18.2 Å². The van der Waals surface area contributed by atoms with Crippen molar-refractivity contribution in [3.05, 3.63) is 29.8 Å². The van der Waals surface area contributed by atoms with Gasteiger partial charge in [-0.25, -0.2) is 0 Å². The van der Waals surface area contributed by atoms with E-state index in [4.69, 9.17) is 14.2 Å². The Bertz CT molecular complexity index is 452. The predicted octanol–water partition coefficient (Wildman–Crippen LogP) is 1.46. The maximum absolute atomic E-state index is 5.41. The summed E-state index contributed by atoms with van der Waals surface area (Å²) in [6.07, 6.45) is 1.81. The Labute approximate surface area is 139 Å². The molecule has 0 amide bonds. The fourth-order valence-electron chi connectivity index (χ4n) is 2.07. The van der Waals surface area contributed by atoms with Gasteiger partial charge in [0.25, 0.3) is 0 Å². The number of guanidine groups is 1. The molecule has 0 aromatic heterocycles. The van der Waals surface area contributed by atoms with Crippen LogP contribution in [-0.2, 0) is 15.9 Å². The summed E-state index contributed by atoms with van der Waals surface area (Å²) in [5.41, 5.74) is 1.18. The normalized spacial score (nSPS) is 11.3. The van der Waals surface area contributed by atoms with Crippen molar-refractivity contribution in [2.75, 3.05) is 54.2 Å². The third-order valence-electron chi connectivity index (χ3n) is 3.29. The SMILES string of the molecule is CN=C(NCCCOCCOC)NCCc1ccccc1OC. The first-order chi connectivity index (χ1) is 11.3. The first kappa shape index (κ1) is 19.3. The van der Waals surface area contributed by atoms with Crippen LogP contribution in [0.15, 0.2) is 29.3 Å². The summed E-state index contributed by atoms with van der Waals surface area (Å²) in [6.45, 7) is 3.61. The van der Waals surface area contributed by atoms with Gasteiger partial charge in [-0.2, -0.15) is 0 Å². The monoisotopic (exact) mass is 323 g/mol. The van der Waals surface area contributed by atoms with Gasteiger partial charge in [0.2, 0.25) is 0 Å². The molecule has 6 heteroatoms. The summed E-state index contributed by atoms with van der Waals surface area (Å²) in [6, 6.07) is 8.06. The molecule has 0 fully saturated rings. The van der Waals surface area contributed by atoms with Crippen LogP contribution in [0, 0.1) is 0 Å². The average Bonchev–Trinajstić information content (AvgIpc) is 2.59. The lowest BCUT2D eigenvalue weighted by atomic mass is 10.1. The second-order valence-corrected chi connectivity index (χ2v) is 4.95. The van der Waals surface area contributed by atoms with Crippen molar-refractivity contribution in [1.29, 1.82) is 0 Å². The number of hydrogen-bond donors (Lipinski definition) is 2. The number of aliphatic imine (C=N–C) groups is 1. The van der Waals surface area contributed by atoms with Crippen molar-refractivity contribution < 1.29 is 14.2 Å². The number of methoxy groups -OCH3 is 2. The van der Waals surface area contributed by atoms with E-state index in [9.17, 15) is 0 Å². The molecule has 1 aromatic rings. The van der Waals surface area contributed by atoms with Crippen LogP contribution in [0.25, 0.3) is 0 Å². The van der Waals surface area contributed by atoms with Crippen molar-refractivity contribution in [2.45, 2.75) is 12.8 Å². The molecule has 23 heavy (non-hydrogen) atoms. The van der Waals surface area contributed by atoms with Crippen LogP contribution < -0.4 is 15.4 Å². The van der Waals surface area contributed by atoms with Gasteiger partial charge in [-0.05, 0) is 24.5 Å². The second-order valence-electron chi connectivity index (χ2n) is 4.95. The van der Waals surface area contributed by atoms with E-state index in [1.807, 2.05) is 18.2 Å². The molecule has 0 aliphatic rings. The summed E-state index contributed by atoms with van der Waals surface area (Å²) < 4.78 is 15.7. The second kappa shape index (κ2) is 12.7. The molecule has 0 spiro atoms. The van der Waals surface area contributed by atoms with Gasteiger partial charge in [0.05, 0.1) is 20.3 Å². The van der Waals surface area contributed by atoms with Crippen molar-refractivity contribution in [3.8, 4) is 5.75 Å². The molecule has 0 aliphatic heterocycles. The van der Waals surface area contributed by atoms with Gasteiger partial charge >= 0.3 is 0 Å². The summed E-state index contributed by atoms with van der Waals surface area (Å²) >= 11 is 0. The minimum Gasteiger partial charge on any atom is -0.496 e. The molecule has 6 nitrogen and oxygen atoms in total. The van der Waals surface area contributed by atoms with Gasteiger partial charge in [-0.3, -0.25) is 4.99 Å². The Balaban J connectivity index is 2.17. The number of benzene rings is 1. The summed E-state index contributed by atoms with van der Waals surface area (Å²) in [5.74, 6) is 1.72. The Morgan fingerprint density at radius 3 is 2.57 bits per heavy atom. The van der Waals surface area contributed by atoms with Crippen LogP contribution in [-0.4, -0.2) is 60.1 Å².